The minimum atomic E-state index is -0.447. The first kappa shape index (κ1) is 19.3. The second-order valence-corrected chi connectivity index (χ2v) is 7.06. The third kappa shape index (κ3) is 3.91. The van der Waals surface area contributed by atoms with Crippen LogP contribution in [0.15, 0.2) is 63.9 Å². The fourth-order valence-corrected chi connectivity index (χ4v) is 3.39. The maximum atomic E-state index is 12.7. The molecule has 0 bridgehead atoms. The lowest BCUT2D eigenvalue weighted by molar-refractivity contribution is -0.114. The summed E-state index contributed by atoms with van der Waals surface area (Å²) in [5.74, 6) is 0.126. The number of carbonyl (C=O) groups is 1. The van der Waals surface area contributed by atoms with E-state index in [9.17, 15) is 9.59 Å². The molecule has 2 heterocycles. The topological polar surface area (TPSA) is 97.1 Å². The van der Waals surface area contributed by atoms with Crippen molar-refractivity contribution in [2.75, 3.05) is 10.6 Å². The van der Waals surface area contributed by atoms with Gasteiger partial charge in [0, 0.05) is 24.5 Å². The van der Waals surface area contributed by atoms with Crippen LogP contribution < -0.4 is 16.3 Å². The summed E-state index contributed by atoms with van der Waals surface area (Å²) in [5, 5.41) is 6.41. The van der Waals surface area contributed by atoms with Crippen molar-refractivity contribution in [3.63, 3.8) is 0 Å². The first-order valence-electron chi connectivity index (χ1n) is 9.43. The molecule has 4 rings (SSSR count). The summed E-state index contributed by atoms with van der Waals surface area (Å²) in [4.78, 5) is 32.6. The van der Waals surface area contributed by atoms with E-state index < -0.39 is 5.63 Å². The Bertz CT molecular complexity index is 1310. The van der Waals surface area contributed by atoms with E-state index in [1.54, 1.807) is 30.5 Å². The van der Waals surface area contributed by atoms with E-state index in [2.05, 4.69) is 20.6 Å². The summed E-state index contributed by atoms with van der Waals surface area (Å²) in [6.45, 7) is 5.37. The van der Waals surface area contributed by atoms with Crippen LogP contribution in [0.1, 0.15) is 18.1 Å². The molecule has 150 valence electrons. The second-order valence-electron chi connectivity index (χ2n) is 7.06. The molecule has 4 aromatic rings. The number of anilines is 3. The molecule has 7 heteroatoms. The zero-order valence-corrected chi connectivity index (χ0v) is 16.8. The standard InChI is InChI=1S/C23H20N4O3/c1-13-6-4-7-14(2)20(13)19-10-16-12-24-23(27-21(16)30-22(19)29)26-18-9-5-8-17(11-18)25-15(3)28/h4-12H,1-3H3,(H,25,28)(H,24,26,27). The smallest absolute Gasteiger partial charge is 0.345 e. The van der Waals surface area contributed by atoms with E-state index in [4.69, 9.17) is 4.42 Å². The van der Waals surface area contributed by atoms with Crippen LogP contribution in [0.5, 0.6) is 0 Å². The normalized spacial score (nSPS) is 10.8. The molecule has 0 aliphatic rings. The lowest BCUT2D eigenvalue weighted by Gasteiger charge is -2.10. The van der Waals surface area contributed by atoms with Gasteiger partial charge in [0.15, 0.2) is 0 Å². The van der Waals surface area contributed by atoms with Crippen molar-refractivity contribution in [1.82, 2.24) is 9.97 Å². The Kier molecular flexibility index (Phi) is 5.02. The summed E-state index contributed by atoms with van der Waals surface area (Å²) >= 11 is 0. The van der Waals surface area contributed by atoms with Crippen molar-refractivity contribution in [2.45, 2.75) is 20.8 Å². The minimum Gasteiger partial charge on any atom is -0.403 e. The molecule has 0 fully saturated rings. The average Bonchev–Trinajstić information content (AvgIpc) is 2.68. The highest BCUT2D eigenvalue weighted by Gasteiger charge is 2.14. The molecule has 2 aromatic carbocycles. The number of aromatic nitrogens is 2. The van der Waals surface area contributed by atoms with Gasteiger partial charge in [0.1, 0.15) is 0 Å². The maximum Gasteiger partial charge on any atom is 0.345 e. The van der Waals surface area contributed by atoms with Gasteiger partial charge >= 0.3 is 5.63 Å². The average molecular weight is 400 g/mol. The number of amides is 1. The number of aryl methyl sites for hydroxylation is 2. The Balaban J connectivity index is 1.69. The van der Waals surface area contributed by atoms with E-state index in [1.165, 1.54) is 6.92 Å². The van der Waals surface area contributed by atoms with Crippen LogP contribution in [-0.2, 0) is 4.79 Å². The predicted molar refractivity (Wildman–Crippen MR) is 117 cm³/mol. The van der Waals surface area contributed by atoms with Gasteiger partial charge in [0.25, 0.3) is 0 Å². The number of hydrogen-bond acceptors (Lipinski definition) is 6. The van der Waals surface area contributed by atoms with Crippen molar-refractivity contribution in [1.29, 1.82) is 0 Å². The molecule has 0 aliphatic heterocycles. The number of rotatable bonds is 4. The fourth-order valence-electron chi connectivity index (χ4n) is 3.39. The molecular formula is C23H20N4O3. The quantitative estimate of drug-likeness (QED) is 0.521. The van der Waals surface area contributed by atoms with Gasteiger partial charge < -0.3 is 15.1 Å². The van der Waals surface area contributed by atoms with Crippen LogP contribution in [0.25, 0.3) is 22.2 Å². The van der Waals surface area contributed by atoms with Crippen molar-refractivity contribution < 1.29 is 9.21 Å². The number of nitrogens with one attached hydrogen (secondary N) is 2. The third-order valence-corrected chi connectivity index (χ3v) is 4.68. The predicted octanol–water partition coefficient (Wildman–Crippen LogP) is 4.57. The summed E-state index contributed by atoms with van der Waals surface area (Å²) in [7, 11) is 0. The molecule has 0 atom stereocenters. The van der Waals surface area contributed by atoms with Crippen LogP contribution in [0.4, 0.5) is 17.3 Å². The molecule has 0 saturated heterocycles. The molecule has 1 amide bonds. The number of hydrogen-bond donors (Lipinski definition) is 2. The van der Waals surface area contributed by atoms with E-state index in [-0.39, 0.29) is 17.6 Å². The summed E-state index contributed by atoms with van der Waals surface area (Å²) in [6.07, 6.45) is 1.61. The number of carbonyl (C=O) groups excluding carboxylic acids is 1. The van der Waals surface area contributed by atoms with Crippen LogP contribution in [0.3, 0.4) is 0 Å². The Hall–Kier alpha value is -4.00. The molecule has 7 nitrogen and oxygen atoms in total. The molecule has 0 unspecified atom stereocenters. The Labute approximate surface area is 172 Å². The highest BCUT2D eigenvalue weighted by Crippen LogP contribution is 2.27. The number of nitrogens with zero attached hydrogens (tertiary/aromatic N) is 2. The van der Waals surface area contributed by atoms with Gasteiger partial charge in [0.2, 0.25) is 17.6 Å². The monoisotopic (exact) mass is 400 g/mol. The molecule has 0 radical (unpaired) electrons. The van der Waals surface area contributed by atoms with Gasteiger partial charge in [0.05, 0.1) is 10.9 Å². The minimum absolute atomic E-state index is 0.157. The van der Waals surface area contributed by atoms with Crippen molar-refractivity contribution in [3.8, 4) is 11.1 Å². The highest BCUT2D eigenvalue weighted by molar-refractivity contribution is 5.89. The van der Waals surface area contributed by atoms with Gasteiger partial charge in [-0.05, 0) is 54.8 Å². The van der Waals surface area contributed by atoms with Gasteiger partial charge in [-0.25, -0.2) is 9.78 Å². The molecule has 0 saturated carbocycles. The van der Waals surface area contributed by atoms with Crippen molar-refractivity contribution >= 4 is 34.3 Å². The van der Waals surface area contributed by atoms with E-state index >= 15 is 0 Å². The lowest BCUT2D eigenvalue weighted by Crippen LogP contribution is -2.07. The lowest BCUT2D eigenvalue weighted by atomic mass is 9.97. The van der Waals surface area contributed by atoms with Crippen LogP contribution >= 0.6 is 0 Å². The van der Waals surface area contributed by atoms with Gasteiger partial charge in [-0.1, -0.05) is 24.3 Å². The van der Waals surface area contributed by atoms with Gasteiger partial charge in [-0.15, -0.1) is 0 Å². The molecule has 0 spiro atoms. The van der Waals surface area contributed by atoms with E-state index in [0.29, 0.717) is 22.3 Å². The Morgan fingerprint density at radius 3 is 2.43 bits per heavy atom. The molecular weight excluding hydrogens is 380 g/mol. The molecule has 2 N–H and O–H groups in total. The van der Waals surface area contributed by atoms with Gasteiger partial charge in [-0.3, -0.25) is 4.79 Å². The Morgan fingerprint density at radius 1 is 1.00 bits per heavy atom. The fraction of sp³-hybridized carbons (Fsp3) is 0.130. The summed E-state index contributed by atoms with van der Waals surface area (Å²) < 4.78 is 5.51. The van der Waals surface area contributed by atoms with Gasteiger partial charge in [-0.2, -0.15) is 4.98 Å². The van der Waals surface area contributed by atoms with Crippen molar-refractivity contribution in [2.24, 2.45) is 0 Å². The number of benzene rings is 2. The SMILES string of the molecule is CC(=O)Nc1cccc(Nc2ncc3cc(-c4c(C)cccc4C)c(=O)oc3n2)c1. The van der Waals surface area contributed by atoms with Crippen molar-refractivity contribution in [3.05, 3.63) is 76.3 Å². The Morgan fingerprint density at radius 2 is 1.70 bits per heavy atom. The summed E-state index contributed by atoms with van der Waals surface area (Å²) in [6, 6.07) is 14.8. The largest absolute Gasteiger partial charge is 0.403 e. The first-order valence-corrected chi connectivity index (χ1v) is 9.43. The third-order valence-electron chi connectivity index (χ3n) is 4.68. The maximum absolute atomic E-state index is 12.7. The van der Waals surface area contributed by atoms with Crippen LogP contribution in [0, 0.1) is 13.8 Å². The zero-order valence-electron chi connectivity index (χ0n) is 16.8. The molecule has 30 heavy (non-hydrogen) atoms. The molecule has 2 aromatic heterocycles. The second kappa shape index (κ2) is 7.79. The first-order chi connectivity index (χ1) is 14.4. The summed E-state index contributed by atoms with van der Waals surface area (Å²) in [5.41, 5.74) is 4.45. The van der Waals surface area contributed by atoms with E-state index in [1.807, 2.05) is 38.1 Å². The van der Waals surface area contributed by atoms with Crippen LogP contribution in [-0.4, -0.2) is 15.9 Å². The van der Waals surface area contributed by atoms with Crippen LogP contribution in [0.2, 0.25) is 0 Å². The zero-order chi connectivity index (χ0) is 21.3. The number of fused-ring (bicyclic) bond motifs is 1. The molecule has 0 aliphatic carbocycles. The van der Waals surface area contributed by atoms with E-state index in [0.717, 1.165) is 16.7 Å². The highest BCUT2D eigenvalue weighted by atomic mass is 16.4.